The van der Waals surface area contributed by atoms with Gasteiger partial charge in [-0.3, -0.25) is 4.79 Å². The van der Waals surface area contributed by atoms with Gasteiger partial charge in [0.1, 0.15) is 15.7 Å². The van der Waals surface area contributed by atoms with E-state index < -0.39 is 5.91 Å². The van der Waals surface area contributed by atoms with E-state index in [0.717, 1.165) is 9.90 Å². The van der Waals surface area contributed by atoms with Crippen LogP contribution < -0.4 is 16.8 Å². The second-order valence-electron chi connectivity index (χ2n) is 4.34. The van der Waals surface area contributed by atoms with Crippen molar-refractivity contribution < 1.29 is 9.18 Å². The Balaban J connectivity index is 2.08. The second-order valence-corrected chi connectivity index (χ2v) is 6.18. The Labute approximate surface area is 130 Å². The van der Waals surface area contributed by atoms with Crippen LogP contribution in [0.3, 0.4) is 0 Å². The summed E-state index contributed by atoms with van der Waals surface area (Å²) in [6, 6.07) is 6.67. The first-order valence-electron chi connectivity index (χ1n) is 6.28. The number of carbonyl (C=O) groups is 1. The van der Waals surface area contributed by atoms with Gasteiger partial charge in [0.15, 0.2) is 0 Å². The molecule has 0 aliphatic carbocycles. The molecule has 0 spiro atoms. The van der Waals surface area contributed by atoms with Crippen LogP contribution >= 0.6 is 23.1 Å². The van der Waals surface area contributed by atoms with Crippen molar-refractivity contribution in [3.8, 4) is 0 Å². The molecule has 0 saturated carbocycles. The molecular weight excluding hydrogens is 309 g/mol. The summed E-state index contributed by atoms with van der Waals surface area (Å²) >= 11 is 2.68. The highest BCUT2D eigenvalue weighted by molar-refractivity contribution is 7.99. The van der Waals surface area contributed by atoms with Crippen LogP contribution in [0.1, 0.15) is 15.2 Å². The maximum absolute atomic E-state index is 13.5. The van der Waals surface area contributed by atoms with E-state index in [1.54, 1.807) is 18.2 Å². The summed E-state index contributed by atoms with van der Waals surface area (Å²) < 4.78 is 13.5. The number of primary amides is 1. The lowest BCUT2D eigenvalue weighted by atomic mass is 10.1. The molecule has 0 aliphatic heterocycles. The first kappa shape index (κ1) is 15.7. The zero-order chi connectivity index (χ0) is 15.4. The van der Waals surface area contributed by atoms with Gasteiger partial charge in [0, 0.05) is 6.54 Å². The van der Waals surface area contributed by atoms with Crippen molar-refractivity contribution in [2.75, 3.05) is 23.9 Å². The van der Waals surface area contributed by atoms with Gasteiger partial charge in [-0.1, -0.05) is 18.2 Å². The third kappa shape index (κ3) is 3.48. The van der Waals surface area contributed by atoms with Gasteiger partial charge in [0.2, 0.25) is 0 Å². The summed E-state index contributed by atoms with van der Waals surface area (Å²) in [6.07, 6.45) is 2.43. The molecule has 1 heterocycles. The lowest BCUT2D eigenvalue weighted by molar-refractivity contribution is 0.100. The van der Waals surface area contributed by atoms with E-state index >= 15 is 0 Å². The number of nitrogen functional groups attached to an aromatic ring is 1. The SMILES string of the molecule is CSc1c(NCCc2ccccc2F)sc(C(N)=O)c1N. The number of hydrogen-bond donors (Lipinski definition) is 3. The van der Waals surface area contributed by atoms with Crippen molar-refractivity contribution in [1.29, 1.82) is 0 Å². The zero-order valence-electron chi connectivity index (χ0n) is 11.5. The van der Waals surface area contributed by atoms with Gasteiger partial charge in [0.05, 0.1) is 10.6 Å². The van der Waals surface area contributed by atoms with E-state index in [1.807, 2.05) is 6.26 Å². The fourth-order valence-electron chi connectivity index (χ4n) is 1.94. The Morgan fingerprint density at radius 1 is 1.43 bits per heavy atom. The molecule has 1 aromatic carbocycles. The predicted molar refractivity (Wildman–Crippen MR) is 87.6 cm³/mol. The quantitative estimate of drug-likeness (QED) is 0.713. The van der Waals surface area contributed by atoms with E-state index in [1.165, 1.54) is 29.2 Å². The van der Waals surface area contributed by atoms with Crippen molar-refractivity contribution in [3.05, 3.63) is 40.5 Å². The molecule has 5 N–H and O–H groups in total. The Bertz CT molecular complexity index is 658. The molecule has 4 nitrogen and oxygen atoms in total. The van der Waals surface area contributed by atoms with Crippen molar-refractivity contribution in [2.45, 2.75) is 11.3 Å². The maximum Gasteiger partial charge on any atom is 0.261 e. The predicted octanol–water partition coefficient (Wildman–Crippen LogP) is 2.94. The number of thioether (sulfide) groups is 1. The minimum absolute atomic E-state index is 0.215. The molecule has 1 aromatic heterocycles. The van der Waals surface area contributed by atoms with Gasteiger partial charge in [-0.15, -0.1) is 23.1 Å². The Morgan fingerprint density at radius 2 is 2.14 bits per heavy atom. The number of nitrogens with two attached hydrogens (primary N) is 2. The average Bonchev–Trinajstić information content (AvgIpc) is 2.77. The molecule has 1 amide bonds. The molecule has 112 valence electrons. The third-order valence-electron chi connectivity index (χ3n) is 2.97. The maximum atomic E-state index is 13.5. The highest BCUT2D eigenvalue weighted by atomic mass is 32.2. The molecule has 0 radical (unpaired) electrons. The van der Waals surface area contributed by atoms with Gasteiger partial charge < -0.3 is 16.8 Å². The van der Waals surface area contributed by atoms with E-state index in [4.69, 9.17) is 11.5 Å². The first-order chi connectivity index (χ1) is 10.0. The lowest BCUT2D eigenvalue weighted by Gasteiger charge is -2.07. The van der Waals surface area contributed by atoms with Crippen molar-refractivity contribution in [2.24, 2.45) is 5.73 Å². The summed E-state index contributed by atoms with van der Waals surface area (Å²) in [6.45, 7) is 0.548. The number of nitrogens with one attached hydrogen (secondary N) is 1. The van der Waals surface area contributed by atoms with Gasteiger partial charge in [0.25, 0.3) is 5.91 Å². The zero-order valence-corrected chi connectivity index (χ0v) is 13.1. The second kappa shape index (κ2) is 6.82. The number of thiophene rings is 1. The number of anilines is 2. The molecule has 2 rings (SSSR count). The molecular formula is C14H16FN3OS2. The van der Waals surface area contributed by atoms with Gasteiger partial charge in [-0.2, -0.15) is 0 Å². The van der Waals surface area contributed by atoms with Crippen LogP contribution in [0, 0.1) is 5.82 Å². The molecule has 2 aromatic rings. The standard InChI is InChI=1S/C14H16FN3OS2/c1-20-12-10(16)11(13(17)19)21-14(12)18-7-6-8-4-2-3-5-9(8)15/h2-5,18H,6-7,16H2,1H3,(H2,17,19). The van der Waals surface area contributed by atoms with E-state index in [-0.39, 0.29) is 5.82 Å². The van der Waals surface area contributed by atoms with Crippen LogP contribution in [0.2, 0.25) is 0 Å². The van der Waals surface area contributed by atoms with E-state index in [9.17, 15) is 9.18 Å². The number of amides is 1. The van der Waals surface area contributed by atoms with Crippen LogP contribution in [0.25, 0.3) is 0 Å². The number of carbonyl (C=O) groups excluding carboxylic acids is 1. The summed E-state index contributed by atoms with van der Waals surface area (Å²) in [5, 5.41) is 4.00. The van der Waals surface area contributed by atoms with Crippen LogP contribution in [-0.4, -0.2) is 18.7 Å². The number of hydrogen-bond acceptors (Lipinski definition) is 5. The molecule has 0 bridgehead atoms. The van der Waals surface area contributed by atoms with E-state index in [0.29, 0.717) is 29.1 Å². The van der Waals surface area contributed by atoms with Crippen molar-refractivity contribution >= 4 is 39.7 Å². The largest absolute Gasteiger partial charge is 0.396 e. The van der Waals surface area contributed by atoms with Crippen LogP contribution in [0.4, 0.5) is 15.1 Å². The van der Waals surface area contributed by atoms with Gasteiger partial charge >= 0.3 is 0 Å². The Kier molecular flexibility index (Phi) is 5.08. The monoisotopic (exact) mass is 325 g/mol. The van der Waals surface area contributed by atoms with Crippen LogP contribution in [0.15, 0.2) is 29.2 Å². The third-order valence-corrected chi connectivity index (χ3v) is 5.10. The molecule has 7 heteroatoms. The summed E-state index contributed by atoms with van der Waals surface area (Å²) in [4.78, 5) is 12.5. The fraction of sp³-hybridized carbons (Fsp3) is 0.214. The number of halogens is 1. The normalized spacial score (nSPS) is 10.6. The minimum atomic E-state index is -0.532. The lowest BCUT2D eigenvalue weighted by Crippen LogP contribution is -2.10. The van der Waals surface area contributed by atoms with Crippen LogP contribution in [0.5, 0.6) is 0 Å². The molecule has 21 heavy (non-hydrogen) atoms. The fourth-order valence-corrected chi connectivity index (χ4v) is 3.86. The topological polar surface area (TPSA) is 81.1 Å². The number of benzene rings is 1. The summed E-state index contributed by atoms with van der Waals surface area (Å²) in [5.41, 5.74) is 12.3. The van der Waals surface area contributed by atoms with Crippen molar-refractivity contribution in [1.82, 2.24) is 0 Å². The molecule has 0 unspecified atom stereocenters. The van der Waals surface area contributed by atoms with Crippen LogP contribution in [-0.2, 0) is 6.42 Å². The number of rotatable bonds is 6. The van der Waals surface area contributed by atoms with Gasteiger partial charge in [-0.05, 0) is 24.3 Å². The van der Waals surface area contributed by atoms with Gasteiger partial charge in [-0.25, -0.2) is 4.39 Å². The Morgan fingerprint density at radius 3 is 2.76 bits per heavy atom. The highest BCUT2D eigenvalue weighted by Crippen LogP contribution is 2.41. The molecule has 0 fully saturated rings. The average molecular weight is 325 g/mol. The summed E-state index contributed by atoms with van der Waals surface area (Å²) in [5.74, 6) is -0.747. The highest BCUT2D eigenvalue weighted by Gasteiger charge is 2.18. The molecule has 0 saturated heterocycles. The van der Waals surface area contributed by atoms with Crippen molar-refractivity contribution in [3.63, 3.8) is 0 Å². The van der Waals surface area contributed by atoms with E-state index in [2.05, 4.69) is 5.32 Å². The molecule has 0 aliphatic rings. The molecule has 0 atom stereocenters. The smallest absolute Gasteiger partial charge is 0.261 e. The minimum Gasteiger partial charge on any atom is -0.396 e. The first-order valence-corrected chi connectivity index (χ1v) is 8.32. The summed E-state index contributed by atoms with van der Waals surface area (Å²) in [7, 11) is 0. The Hall–Kier alpha value is -1.73.